The molecule has 1 aromatic heterocycles. The van der Waals surface area contributed by atoms with Gasteiger partial charge in [0.2, 0.25) is 11.7 Å². The molecule has 2 aliphatic rings. The summed E-state index contributed by atoms with van der Waals surface area (Å²) >= 11 is 0. The maximum atomic E-state index is 12.5. The summed E-state index contributed by atoms with van der Waals surface area (Å²) in [5.41, 5.74) is -0.757. The number of hydrogen-bond acceptors (Lipinski definition) is 4. The fourth-order valence-corrected chi connectivity index (χ4v) is 3.18. The lowest BCUT2D eigenvalue weighted by Crippen LogP contribution is -2.49. The number of halogens is 3. The van der Waals surface area contributed by atoms with Gasteiger partial charge in [-0.1, -0.05) is 6.08 Å². The summed E-state index contributed by atoms with van der Waals surface area (Å²) in [6.45, 7) is 1.77. The van der Waals surface area contributed by atoms with Crippen LogP contribution in [0.15, 0.2) is 28.2 Å². The molecule has 0 saturated carbocycles. The number of carbonyl (C=O) groups excluding carboxylic acids is 1. The molecule has 24 heavy (non-hydrogen) atoms. The molecular weight excluding hydrogens is 325 g/mol. The summed E-state index contributed by atoms with van der Waals surface area (Å²) in [5.74, 6) is -1.00. The largest absolute Gasteiger partial charge is 0.455 e. The molecule has 0 aromatic carbocycles. The Morgan fingerprint density at radius 1 is 1.29 bits per heavy atom. The molecule has 8 heteroatoms. The number of carbonyl (C=O) groups is 1. The summed E-state index contributed by atoms with van der Waals surface area (Å²) < 4.78 is 42.5. The smallest absolute Gasteiger partial charge is 0.449 e. The first-order valence-electron chi connectivity index (χ1n) is 7.87. The minimum Gasteiger partial charge on any atom is -0.455 e. The van der Waals surface area contributed by atoms with Crippen molar-refractivity contribution in [3.8, 4) is 0 Å². The van der Waals surface area contributed by atoms with E-state index in [2.05, 4.69) is 5.32 Å². The number of nitrogens with one attached hydrogen (secondary N) is 1. The van der Waals surface area contributed by atoms with Gasteiger partial charge >= 0.3 is 6.18 Å². The highest BCUT2D eigenvalue weighted by Gasteiger charge is 2.40. The highest BCUT2D eigenvalue weighted by molar-refractivity contribution is 5.96. The average molecular weight is 344 g/mol. The number of alkyl halides is 3. The second kappa shape index (κ2) is 6.25. The zero-order valence-corrected chi connectivity index (χ0v) is 13.0. The van der Waals surface area contributed by atoms with Crippen LogP contribution in [0.5, 0.6) is 0 Å². The topological polar surface area (TPSA) is 65.7 Å². The fourth-order valence-electron chi connectivity index (χ4n) is 3.18. The third-order valence-corrected chi connectivity index (χ3v) is 4.53. The van der Waals surface area contributed by atoms with Crippen LogP contribution in [0.4, 0.5) is 13.2 Å². The van der Waals surface area contributed by atoms with Crippen molar-refractivity contribution in [2.24, 2.45) is 0 Å². The van der Waals surface area contributed by atoms with E-state index in [9.17, 15) is 23.1 Å². The van der Waals surface area contributed by atoms with Gasteiger partial charge < -0.3 is 14.8 Å². The Hall–Kier alpha value is -1.80. The van der Waals surface area contributed by atoms with Crippen molar-refractivity contribution in [2.75, 3.05) is 19.6 Å². The summed E-state index contributed by atoms with van der Waals surface area (Å²) in [4.78, 5) is 13.8. The molecule has 0 spiro atoms. The Morgan fingerprint density at radius 3 is 2.58 bits per heavy atom. The normalized spacial score (nSPS) is 22.2. The van der Waals surface area contributed by atoms with Crippen molar-refractivity contribution in [1.82, 2.24) is 10.2 Å². The van der Waals surface area contributed by atoms with Crippen LogP contribution in [0.1, 0.15) is 30.8 Å². The molecule has 2 aliphatic heterocycles. The van der Waals surface area contributed by atoms with Crippen LogP contribution < -0.4 is 5.32 Å². The zero-order chi connectivity index (χ0) is 17.4. The number of likely N-dealkylation sites (tertiary alicyclic amines) is 1. The minimum atomic E-state index is -4.48. The van der Waals surface area contributed by atoms with E-state index in [1.165, 1.54) is 6.07 Å². The number of amides is 1. The molecule has 0 aliphatic carbocycles. The van der Waals surface area contributed by atoms with E-state index in [0.717, 1.165) is 6.07 Å². The molecule has 2 N–H and O–H groups in total. The Balaban J connectivity index is 1.60. The van der Waals surface area contributed by atoms with Gasteiger partial charge in [0, 0.05) is 25.2 Å². The molecular formula is C16H19F3N2O3. The molecule has 1 amide bonds. The van der Waals surface area contributed by atoms with E-state index in [1.807, 2.05) is 4.90 Å². The third-order valence-electron chi connectivity index (χ3n) is 4.53. The molecule has 0 bridgehead atoms. The van der Waals surface area contributed by atoms with Crippen LogP contribution in [0, 0.1) is 0 Å². The van der Waals surface area contributed by atoms with E-state index in [0.29, 0.717) is 44.5 Å². The first-order valence-corrected chi connectivity index (χ1v) is 7.87. The molecule has 132 valence electrons. The van der Waals surface area contributed by atoms with Gasteiger partial charge in [0.1, 0.15) is 5.76 Å². The van der Waals surface area contributed by atoms with Crippen LogP contribution >= 0.6 is 0 Å². The average Bonchev–Trinajstić information content (AvgIpc) is 2.99. The van der Waals surface area contributed by atoms with Gasteiger partial charge in [0.15, 0.2) is 0 Å². The Morgan fingerprint density at radius 2 is 2.00 bits per heavy atom. The van der Waals surface area contributed by atoms with Crippen LogP contribution in [0.25, 0.3) is 0 Å². The van der Waals surface area contributed by atoms with Gasteiger partial charge in [0.25, 0.3) is 0 Å². The molecule has 0 atom stereocenters. The zero-order valence-electron chi connectivity index (χ0n) is 13.0. The van der Waals surface area contributed by atoms with Gasteiger partial charge in [-0.3, -0.25) is 9.69 Å². The highest BCUT2D eigenvalue weighted by atomic mass is 19.4. The lowest BCUT2D eigenvalue weighted by Gasteiger charge is -2.39. The van der Waals surface area contributed by atoms with Crippen LogP contribution in [-0.4, -0.2) is 41.1 Å². The van der Waals surface area contributed by atoms with Crippen molar-refractivity contribution >= 4 is 5.91 Å². The van der Waals surface area contributed by atoms with E-state index in [1.54, 1.807) is 6.08 Å². The lowest BCUT2D eigenvalue weighted by molar-refractivity contribution is -0.153. The number of rotatable bonds is 3. The van der Waals surface area contributed by atoms with Crippen LogP contribution in [-0.2, 0) is 17.5 Å². The maximum Gasteiger partial charge on any atom is 0.449 e. The van der Waals surface area contributed by atoms with Crippen LogP contribution in [0.2, 0.25) is 0 Å². The van der Waals surface area contributed by atoms with Gasteiger partial charge in [0.05, 0.1) is 12.1 Å². The van der Waals surface area contributed by atoms with Gasteiger partial charge in [-0.2, -0.15) is 13.2 Å². The summed E-state index contributed by atoms with van der Waals surface area (Å²) in [5, 5.41) is 13.5. The van der Waals surface area contributed by atoms with E-state index in [4.69, 9.17) is 4.42 Å². The molecule has 0 unspecified atom stereocenters. The van der Waals surface area contributed by atoms with Gasteiger partial charge in [-0.25, -0.2) is 0 Å². The number of hydrogen-bond donors (Lipinski definition) is 2. The Labute approximate surface area is 137 Å². The summed E-state index contributed by atoms with van der Waals surface area (Å²) in [7, 11) is 0. The minimum absolute atomic E-state index is 0.238. The van der Waals surface area contributed by atoms with E-state index in [-0.39, 0.29) is 18.2 Å². The maximum absolute atomic E-state index is 12.5. The Kier molecular flexibility index (Phi) is 4.44. The first kappa shape index (κ1) is 17.0. The van der Waals surface area contributed by atoms with Gasteiger partial charge in [-0.05, 0) is 31.4 Å². The monoisotopic (exact) mass is 344 g/mol. The van der Waals surface area contributed by atoms with E-state index >= 15 is 0 Å². The van der Waals surface area contributed by atoms with Crippen molar-refractivity contribution < 1.29 is 27.5 Å². The molecule has 1 aromatic rings. The lowest BCUT2D eigenvalue weighted by atomic mass is 9.82. The molecule has 3 rings (SSSR count). The fraction of sp³-hybridized carbons (Fsp3) is 0.562. The molecule has 1 saturated heterocycles. The molecule has 0 radical (unpaired) electrons. The highest BCUT2D eigenvalue weighted by Crippen LogP contribution is 2.33. The molecule has 1 fully saturated rings. The molecule has 5 nitrogen and oxygen atoms in total. The number of nitrogens with zero attached hydrogens (tertiary/aromatic N) is 1. The summed E-state index contributed by atoms with van der Waals surface area (Å²) in [6.07, 6.45) is -1.30. The summed E-state index contributed by atoms with van der Waals surface area (Å²) in [6, 6.07) is 2.24. The van der Waals surface area contributed by atoms with Crippen molar-refractivity contribution in [3.05, 3.63) is 35.3 Å². The van der Waals surface area contributed by atoms with Crippen molar-refractivity contribution in [2.45, 2.75) is 37.6 Å². The van der Waals surface area contributed by atoms with Crippen molar-refractivity contribution in [3.63, 3.8) is 0 Å². The van der Waals surface area contributed by atoms with Gasteiger partial charge in [-0.15, -0.1) is 0 Å². The number of piperidine rings is 1. The van der Waals surface area contributed by atoms with Crippen molar-refractivity contribution in [1.29, 1.82) is 0 Å². The second-order valence-corrected chi connectivity index (χ2v) is 6.23. The predicted octanol–water partition coefficient (Wildman–Crippen LogP) is 2.07. The molecule has 3 heterocycles. The third kappa shape index (κ3) is 3.49. The number of furan rings is 1. The second-order valence-electron chi connectivity index (χ2n) is 6.23. The SMILES string of the molecule is O=C1NCCC=C1C1(O)CCN(Cc2ccc(C(F)(F)F)o2)CC1. The van der Waals surface area contributed by atoms with E-state index < -0.39 is 17.5 Å². The number of aliphatic hydroxyl groups is 1. The standard InChI is InChI=1S/C16H19F3N2O3/c17-16(18,19)13-4-3-11(24-13)10-21-8-5-15(23,6-9-21)12-2-1-7-20-14(12)22/h2-4,23H,1,5-10H2,(H,20,22). The van der Waals surface area contributed by atoms with Crippen LogP contribution in [0.3, 0.4) is 0 Å². The predicted molar refractivity (Wildman–Crippen MR) is 78.9 cm³/mol. The quantitative estimate of drug-likeness (QED) is 0.881. The Bertz CT molecular complexity index is 643. The first-order chi connectivity index (χ1) is 11.3.